The molecule has 21 heavy (non-hydrogen) atoms. The van der Waals surface area contributed by atoms with Crippen molar-refractivity contribution in [1.29, 1.82) is 0 Å². The Kier molecular flexibility index (Phi) is 4.70. The van der Waals surface area contributed by atoms with Crippen molar-refractivity contribution in [2.45, 2.75) is 13.0 Å². The van der Waals surface area contributed by atoms with Crippen LogP contribution < -0.4 is 14.8 Å². The number of nitrogens with zero attached hydrogens (tertiary/aromatic N) is 2. The van der Waals surface area contributed by atoms with Gasteiger partial charge in [-0.25, -0.2) is 0 Å². The van der Waals surface area contributed by atoms with Crippen LogP contribution in [0.25, 0.3) is 0 Å². The van der Waals surface area contributed by atoms with E-state index >= 15 is 0 Å². The van der Waals surface area contributed by atoms with Gasteiger partial charge < -0.3 is 19.9 Å². The average Bonchev–Trinajstić information content (AvgIpc) is 2.81. The highest BCUT2D eigenvalue weighted by molar-refractivity contribution is 5.47. The molecule has 0 radical (unpaired) electrons. The molecule has 0 bridgehead atoms. The van der Waals surface area contributed by atoms with Crippen LogP contribution in [0.4, 0.5) is 5.69 Å². The lowest BCUT2D eigenvalue weighted by Gasteiger charge is -2.16. The summed E-state index contributed by atoms with van der Waals surface area (Å²) in [5.74, 6) is 1.32. The van der Waals surface area contributed by atoms with E-state index in [-0.39, 0.29) is 0 Å². The molecule has 0 aliphatic carbocycles. The third-order valence-corrected chi connectivity index (χ3v) is 3.30. The molecule has 0 amide bonds. The Bertz CT molecular complexity index is 610. The van der Waals surface area contributed by atoms with E-state index in [2.05, 4.69) is 10.4 Å². The lowest BCUT2D eigenvalue weighted by Crippen LogP contribution is -2.13. The third kappa shape index (κ3) is 3.46. The van der Waals surface area contributed by atoms with Gasteiger partial charge >= 0.3 is 0 Å². The molecule has 0 aliphatic heterocycles. The number of rotatable bonds is 6. The van der Waals surface area contributed by atoms with Gasteiger partial charge in [0.2, 0.25) is 0 Å². The number of hydrogen-bond acceptors (Lipinski definition) is 5. The zero-order chi connectivity index (χ0) is 15.4. The summed E-state index contributed by atoms with van der Waals surface area (Å²) in [4.78, 5) is 0. The zero-order valence-electron chi connectivity index (χ0n) is 12.8. The predicted octanol–water partition coefficient (Wildman–Crippen LogP) is 1.89. The number of nitrogens with one attached hydrogen (secondary N) is 1. The summed E-state index contributed by atoms with van der Waals surface area (Å²) < 4.78 is 12.2. The minimum Gasteiger partial charge on any atom is -0.497 e. The highest BCUT2D eigenvalue weighted by atomic mass is 16.5. The summed E-state index contributed by atoms with van der Waals surface area (Å²) in [6.45, 7) is 2.27. The van der Waals surface area contributed by atoms with Crippen LogP contribution in [0.15, 0.2) is 24.4 Å². The van der Waals surface area contributed by atoms with Gasteiger partial charge in [-0.2, -0.15) is 5.10 Å². The molecule has 1 heterocycles. The monoisotopic (exact) mass is 291 g/mol. The second kappa shape index (κ2) is 6.49. The van der Waals surface area contributed by atoms with Crippen molar-refractivity contribution in [3.8, 4) is 11.5 Å². The summed E-state index contributed by atoms with van der Waals surface area (Å²) in [6, 6.07) is 5.36. The molecular weight excluding hydrogens is 270 g/mol. The van der Waals surface area contributed by atoms with Crippen molar-refractivity contribution in [3.63, 3.8) is 0 Å². The van der Waals surface area contributed by atoms with Gasteiger partial charge in [-0.05, 0) is 25.1 Å². The topological polar surface area (TPSA) is 68.5 Å². The summed E-state index contributed by atoms with van der Waals surface area (Å²) in [7, 11) is 5.03. The maximum absolute atomic E-state index is 10.4. The van der Waals surface area contributed by atoms with E-state index in [1.54, 1.807) is 37.1 Å². The number of ether oxygens (including phenoxy) is 2. The second-order valence-corrected chi connectivity index (χ2v) is 4.81. The van der Waals surface area contributed by atoms with E-state index in [1.165, 1.54) is 0 Å². The molecule has 0 saturated carbocycles. The standard InChI is InChI=1S/C15H21N3O3/c1-10-13(9-18(2)17-10)16-8-14(19)12-7-11(20-3)5-6-15(12)21-4/h5-7,9,14,16,19H,8H2,1-4H3. The Hall–Kier alpha value is -2.21. The molecule has 6 nitrogen and oxygen atoms in total. The van der Waals surface area contributed by atoms with Crippen molar-refractivity contribution >= 4 is 5.69 Å². The van der Waals surface area contributed by atoms with E-state index < -0.39 is 6.10 Å². The average molecular weight is 291 g/mol. The molecule has 0 aliphatic rings. The summed E-state index contributed by atoms with van der Waals surface area (Å²) in [5, 5.41) is 17.8. The summed E-state index contributed by atoms with van der Waals surface area (Å²) in [5.41, 5.74) is 2.48. The van der Waals surface area contributed by atoms with E-state index in [1.807, 2.05) is 20.2 Å². The highest BCUT2D eigenvalue weighted by Gasteiger charge is 2.15. The fourth-order valence-electron chi connectivity index (χ4n) is 2.19. The molecule has 1 aromatic heterocycles. The molecule has 1 atom stereocenters. The number of aryl methyl sites for hydroxylation is 2. The zero-order valence-corrected chi connectivity index (χ0v) is 12.8. The molecule has 0 spiro atoms. The lowest BCUT2D eigenvalue weighted by molar-refractivity contribution is 0.186. The number of aromatic nitrogens is 2. The van der Waals surface area contributed by atoms with E-state index in [9.17, 15) is 5.11 Å². The van der Waals surface area contributed by atoms with Crippen molar-refractivity contribution in [2.75, 3.05) is 26.1 Å². The van der Waals surface area contributed by atoms with Crippen molar-refractivity contribution in [3.05, 3.63) is 35.7 Å². The Morgan fingerprint density at radius 1 is 1.33 bits per heavy atom. The van der Waals surface area contributed by atoms with Gasteiger partial charge in [0.05, 0.1) is 31.7 Å². The summed E-state index contributed by atoms with van der Waals surface area (Å²) in [6.07, 6.45) is 1.17. The largest absolute Gasteiger partial charge is 0.497 e. The van der Waals surface area contributed by atoms with Gasteiger partial charge in [0.15, 0.2) is 0 Å². The van der Waals surface area contributed by atoms with Crippen LogP contribution in [0.3, 0.4) is 0 Å². The highest BCUT2D eigenvalue weighted by Crippen LogP contribution is 2.29. The predicted molar refractivity (Wildman–Crippen MR) is 80.9 cm³/mol. The van der Waals surface area contributed by atoms with Crippen molar-refractivity contribution in [1.82, 2.24) is 9.78 Å². The molecule has 2 aromatic rings. The first-order chi connectivity index (χ1) is 10.0. The number of aliphatic hydroxyl groups is 1. The van der Waals surface area contributed by atoms with Crippen molar-refractivity contribution < 1.29 is 14.6 Å². The maximum Gasteiger partial charge on any atom is 0.124 e. The number of benzene rings is 1. The van der Waals surface area contributed by atoms with Crippen LogP contribution in [0, 0.1) is 6.92 Å². The minimum absolute atomic E-state index is 0.357. The second-order valence-electron chi connectivity index (χ2n) is 4.81. The van der Waals surface area contributed by atoms with E-state index in [0.29, 0.717) is 23.6 Å². The normalized spacial score (nSPS) is 12.0. The van der Waals surface area contributed by atoms with Gasteiger partial charge in [0, 0.05) is 25.4 Å². The smallest absolute Gasteiger partial charge is 0.124 e. The minimum atomic E-state index is -0.713. The fourth-order valence-corrected chi connectivity index (χ4v) is 2.19. The number of hydrogen-bond donors (Lipinski definition) is 2. The molecule has 114 valence electrons. The first-order valence-corrected chi connectivity index (χ1v) is 6.69. The summed E-state index contributed by atoms with van der Waals surface area (Å²) >= 11 is 0. The van der Waals surface area contributed by atoms with Crippen LogP contribution in [0.2, 0.25) is 0 Å². The fraction of sp³-hybridized carbons (Fsp3) is 0.400. The van der Waals surface area contributed by atoms with Gasteiger partial charge in [-0.15, -0.1) is 0 Å². The first-order valence-electron chi connectivity index (χ1n) is 6.69. The van der Waals surface area contributed by atoms with Crippen LogP contribution in [-0.4, -0.2) is 35.7 Å². The molecule has 2 N–H and O–H groups in total. The third-order valence-electron chi connectivity index (χ3n) is 3.30. The van der Waals surface area contributed by atoms with Crippen LogP contribution in [0.5, 0.6) is 11.5 Å². The van der Waals surface area contributed by atoms with Gasteiger partial charge in [-0.1, -0.05) is 0 Å². The Morgan fingerprint density at radius 2 is 2.10 bits per heavy atom. The molecule has 0 fully saturated rings. The molecule has 0 saturated heterocycles. The van der Waals surface area contributed by atoms with Gasteiger partial charge in [-0.3, -0.25) is 4.68 Å². The molecular formula is C15H21N3O3. The first kappa shape index (κ1) is 15.2. The quantitative estimate of drug-likeness (QED) is 0.850. The number of aliphatic hydroxyl groups excluding tert-OH is 1. The Labute approximate surface area is 124 Å². The Balaban J connectivity index is 2.12. The lowest BCUT2D eigenvalue weighted by atomic mass is 10.1. The molecule has 1 aromatic carbocycles. The molecule has 1 unspecified atom stereocenters. The van der Waals surface area contributed by atoms with Crippen LogP contribution in [-0.2, 0) is 7.05 Å². The SMILES string of the molecule is COc1ccc(OC)c(C(O)CNc2cn(C)nc2C)c1. The van der Waals surface area contributed by atoms with Crippen molar-refractivity contribution in [2.24, 2.45) is 7.05 Å². The molecule has 2 rings (SSSR count). The van der Waals surface area contributed by atoms with Gasteiger partial charge in [0.1, 0.15) is 11.5 Å². The molecule has 6 heteroatoms. The van der Waals surface area contributed by atoms with Crippen LogP contribution >= 0.6 is 0 Å². The maximum atomic E-state index is 10.4. The van der Waals surface area contributed by atoms with E-state index in [0.717, 1.165) is 11.4 Å². The number of methoxy groups -OCH3 is 2. The number of anilines is 1. The Morgan fingerprint density at radius 3 is 2.67 bits per heavy atom. The van der Waals surface area contributed by atoms with E-state index in [4.69, 9.17) is 9.47 Å². The van der Waals surface area contributed by atoms with Gasteiger partial charge in [0.25, 0.3) is 0 Å². The van der Waals surface area contributed by atoms with Crippen LogP contribution in [0.1, 0.15) is 17.4 Å².